The number of ether oxygens (including phenoxy) is 1. The number of aromatic nitrogens is 2. The molecule has 3 heterocycles. The first-order chi connectivity index (χ1) is 10.4. The third-order valence-electron chi connectivity index (χ3n) is 4.60. The Labute approximate surface area is 124 Å². The van der Waals surface area contributed by atoms with Gasteiger partial charge in [0.05, 0.1) is 18.6 Å². The first kappa shape index (κ1) is 12.9. The van der Waals surface area contributed by atoms with Crippen molar-refractivity contribution in [1.29, 1.82) is 0 Å². The van der Waals surface area contributed by atoms with Gasteiger partial charge in [0.1, 0.15) is 18.2 Å². The highest BCUT2D eigenvalue weighted by atomic mass is 16.5. The normalized spacial score (nSPS) is 25.0. The molecule has 0 aliphatic carbocycles. The quantitative estimate of drug-likeness (QED) is 0.906. The van der Waals surface area contributed by atoms with Crippen molar-refractivity contribution in [2.75, 3.05) is 20.2 Å². The summed E-state index contributed by atoms with van der Waals surface area (Å²) < 4.78 is 8.22. The lowest BCUT2D eigenvalue weighted by molar-refractivity contribution is 0.0660. The highest BCUT2D eigenvalue weighted by Crippen LogP contribution is 2.34. The summed E-state index contributed by atoms with van der Waals surface area (Å²) in [6.07, 6.45) is 3.95. The number of hydrogen-bond donors (Lipinski definition) is 1. The van der Waals surface area contributed by atoms with Crippen LogP contribution in [0.4, 0.5) is 0 Å². The summed E-state index contributed by atoms with van der Waals surface area (Å²) in [4.78, 5) is 6.94. The van der Waals surface area contributed by atoms with E-state index in [-0.39, 0.29) is 0 Å². The summed E-state index contributed by atoms with van der Waals surface area (Å²) in [5.74, 6) is 2.15. The highest BCUT2D eigenvalue weighted by Gasteiger charge is 2.35. The summed E-state index contributed by atoms with van der Waals surface area (Å²) in [5, 5.41) is 3.48. The minimum Gasteiger partial charge on any atom is -0.492 e. The Hall–Kier alpha value is -1.85. The van der Waals surface area contributed by atoms with Crippen molar-refractivity contribution in [3.8, 4) is 5.75 Å². The standard InChI is InChI=1S/C16H20N4O/c1-17-16-12-4-2-3-5-14(12)21-11-13(16)20-9-8-19-7-6-18-15(19)10-20/h2-7,13,16-17H,8-11H2,1H3. The van der Waals surface area contributed by atoms with Gasteiger partial charge in [-0.1, -0.05) is 18.2 Å². The van der Waals surface area contributed by atoms with Crippen molar-refractivity contribution in [1.82, 2.24) is 19.8 Å². The van der Waals surface area contributed by atoms with Gasteiger partial charge in [-0.15, -0.1) is 0 Å². The zero-order valence-corrected chi connectivity index (χ0v) is 12.2. The van der Waals surface area contributed by atoms with Gasteiger partial charge in [0, 0.05) is 31.0 Å². The molecule has 0 radical (unpaired) electrons. The predicted octanol–water partition coefficient (Wildman–Crippen LogP) is 1.42. The van der Waals surface area contributed by atoms with E-state index in [9.17, 15) is 0 Å². The molecule has 2 unspecified atom stereocenters. The molecule has 0 saturated carbocycles. The molecule has 0 saturated heterocycles. The number of nitrogens with one attached hydrogen (secondary N) is 1. The van der Waals surface area contributed by atoms with Crippen LogP contribution in [0.5, 0.6) is 5.75 Å². The molecule has 1 aromatic heterocycles. The van der Waals surface area contributed by atoms with E-state index in [4.69, 9.17) is 4.74 Å². The Morgan fingerprint density at radius 3 is 3.10 bits per heavy atom. The maximum Gasteiger partial charge on any atom is 0.124 e. The average molecular weight is 284 g/mol. The van der Waals surface area contributed by atoms with Crippen LogP contribution in [0.1, 0.15) is 17.4 Å². The third-order valence-corrected chi connectivity index (χ3v) is 4.60. The van der Waals surface area contributed by atoms with E-state index in [1.165, 1.54) is 5.56 Å². The van der Waals surface area contributed by atoms with Gasteiger partial charge in [-0.3, -0.25) is 4.90 Å². The van der Waals surface area contributed by atoms with Gasteiger partial charge < -0.3 is 14.6 Å². The molecule has 5 nitrogen and oxygen atoms in total. The van der Waals surface area contributed by atoms with Crippen molar-refractivity contribution in [3.63, 3.8) is 0 Å². The maximum absolute atomic E-state index is 5.98. The van der Waals surface area contributed by atoms with E-state index in [1.807, 2.05) is 19.3 Å². The van der Waals surface area contributed by atoms with Crippen molar-refractivity contribution in [2.24, 2.45) is 0 Å². The van der Waals surface area contributed by atoms with Crippen LogP contribution in [-0.2, 0) is 13.1 Å². The molecule has 0 bridgehead atoms. The lowest BCUT2D eigenvalue weighted by atomic mass is 9.95. The minimum atomic E-state index is 0.302. The zero-order chi connectivity index (χ0) is 14.2. The van der Waals surface area contributed by atoms with Gasteiger partial charge in [-0.2, -0.15) is 0 Å². The molecular formula is C16H20N4O. The molecule has 2 aromatic rings. The second-order valence-electron chi connectivity index (χ2n) is 5.69. The van der Waals surface area contributed by atoms with Crippen LogP contribution < -0.4 is 10.1 Å². The Morgan fingerprint density at radius 1 is 1.29 bits per heavy atom. The predicted molar refractivity (Wildman–Crippen MR) is 80.2 cm³/mol. The van der Waals surface area contributed by atoms with E-state index in [0.29, 0.717) is 12.1 Å². The molecule has 110 valence electrons. The molecule has 0 spiro atoms. The van der Waals surface area contributed by atoms with Crippen molar-refractivity contribution >= 4 is 0 Å². The van der Waals surface area contributed by atoms with E-state index in [0.717, 1.165) is 37.8 Å². The summed E-state index contributed by atoms with van der Waals surface area (Å²) in [6.45, 7) is 3.66. The summed E-state index contributed by atoms with van der Waals surface area (Å²) in [6, 6.07) is 8.97. The molecule has 5 heteroatoms. The van der Waals surface area contributed by atoms with E-state index in [1.54, 1.807) is 0 Å². The van der Waals surface area contributed by atoms with E-state index in [2.05, 4.69) is 44.2 Å². The largest absolute Gasteiger partial charge is 0.492 e. The second-order valence-corrected chi connectivity index (χ2v) is 5.69. The molecule has 1 N–H and O–H groups in total. The van der Waals surface area contributed by atoms with Crippen LogP contribution in [-0.4, -0.2) is 40.7 Å². The highest BCUT2D eigenvalue weighted by molar-refractivity contribution is 5.38. The molecule has 0 amide bonds. The number of rotatable bonds is 2. The van der Waals surface area contributed by atoms with Gasteiger partial charge in [-0.05, 0) is 13.1 Å². The first-order valence-electron chi connectivity index (χ1n) is 7.50. The van der Waals surface area contributed by atoms with E-state index < -0.39 is 0 Å². The van der Waals surface area contributed by atoms with Crippen LogP contribution >= 0.6 is 0 Å². The van der Waals surface area contributed by atoms with Crippen LogP contribution in [0.3, 0.4) is 0 Å². The van der Waals surface area contributed by atoms with Crippen LogP contribution in [0.15, 0.2) is 36.7 Å². The maximum atomic E-state index is 5.98. The van der Waals surface area contributed by atoms with Crippen LogP contribution in [0.2, 0.25) is 0 Å². The van der Waals surface area contributed by atoms with Gasteiger partial charge in [-0.25, -0.2) is 4.98 Å². The van der Waals surface area contributed by atoms with Crippen LogP contribution in [0.25, 0.3) is 0 Å². The Kier molecular flexibility index (Phi) is 3.16. The number of hydrogen-bond acceptors (Lipinski definition) is 4. The number of nitrogens with zero attached hydrogens (tertiary/aromatic N) is 3. The zero-order valence-electron chi connectivity index (χ0n) is 12.2. The van der Waals surface area contributed by atoms with Gasteiger partial charge in [0.25, 0.3) is 0 Å². The van der Waals surface area contributed by atoms with Crippen molar-refractivity contribution in [3.05, 3.63) is 48.0 Å². The number of likely N-dealkylation sites (N-methyl/N-ethyl adjacent to an activating group) is 1. The number of benzene rings is 1. The molecular weight excluding hydrogens is 264 g/mol. The van der Waals surface area contributed by atoms with Gasteiger partial charge in [0.2, 0.25) is 0 Å². The summed E-state index contributed by atoms with van der Waals surface area (Å²) >= 11 is 0. The second kappa shape index (κ2) is 5.16. The molecule has 0 fully saturated rings. The summed E-state index contributed by atoms with van der Waals surface area (Å²) in [5.41, 5.74) is 1.25. The SMILES string of the molecule is CNC1c2ccccc2OCC1N1CCn2ccnc2C1. The molecule has 2 aliphatic rings. The van der Waals surface area contributed by atoms with Crippen LogP contribution in [0, 0.1) is 0 Å². The molecule has 2 atom stereocenters. The Balaban J connectivity index is 1.61. The molecule has 21 heavy (non-hydrogen) atoms. The average Bonchev–Trinajstić information content (AvgIpc) is 3.01. The lowest BCUT2D eigenvalue weighted by Gasteiger charge is -2.42. The Morgan fingerprint density at radius 2 is 2.19 bits per heavy atom. The number of para-hydroxylation sites is 1. The Bertz CT molecular complexity index is 639. The number of imidazole rings is 1. The smallest absolute Gasteiger partial charge is 0.124 e. The third kappa shape index (κ3) is 2.13. The van der Waals surface area contributed by atoms with Gasteiger partial charge >= 0.3 is 0 Å². The molecule has 1 aromatic carbocycles. The number of fused-ring (bicyclic) bond motifs is 2. The van der Waals surface area contributed by atoms with Crippen molar-refractivity contribution < 1.29 is 4.74 Å². The summed E-state index contributed by atoms with van der Waals surface area (Å²) in [7, 11) is 2.03. The fourth-order valence-electron chi connectivity index (χ4n) is 3.49. The monoisotopic (exact) mass is 284 g/mol. The topological polar surface area (TPSA) is 42.3 Å². The molecule has 2 aliphatic heterocycles. The van der Waals surface area contributed by atoms with E-state index >= 15 is 0 Å². The van der Waals surface area contributed by atoms with Crippen molar-refractivity contribution in [2.45, 2.75) is 25.2 Å². The first-order valence-corrected chi connectivity index (χ1v) is 7.50. The molecule has 4 rings (SSSR count). The minimum absolute atomic E-state index is 0.302. The fourth-order valence-corrected chi connectivity index (χ4v) is 3.49. The lowest BCUT2D eigenvalue weighted by Crippen LogP contribution is -2.51. The van der Waals surface area contributed by atoms with Gasteiger partial charge in [0.15, 0.2) is 0 Å². The fraction of sp³-hybridized carbons (Fsp3) is 0.438.